The van der Waals surface area contributed by atoms with Gasteiger partial charge in [0.25, 0.3) is 5.91 Å². The molecule has 1 amide bonds. The minimum Gasteiger partial charge on any atom is -0.268 e. The Morgan fingerprint density at radius 3 is 2.74 bits per heavy atom. The normalized spacial score (nSPS) is 26.5. The summed E-state index contributed by atoms with van der Waals surface area (Å²) < 4.78 is 27.3. The van der Waals surface area contributed by atoms with Crippen LogP contribution in [-0.2, 0) is 10.0 Å². The van der Waals surface area contributed by atoms with Crippen LogP contribution in [0.25, 0.3) is 10.9 Å². The first-order valence-electron chi connectivity index (χ1n) is 7.94. The molecule has 2 bridgehead atoms. The van der Waals surface area contributed by atoms with Crippen LogP contribution in [0.3, 0.4) is 0 Å². The lowest BCUT2D eigenvalue weighted by Crippen LogP contribution is -2.40. The van der Waals surface area contributed by atoms with Crippen LogP contribution < -0.4 is 4.72 Å². The van der Waals surface area contributed by atoms with Crippen LogP contribution in [-0.4, -0.2) is 24.6 Å². The topological polar surface area (TPSA) is 76.1 Å². The van der Waals surface area contributed by atoms with E-state index in [1.807, 2.05) is 24.3 Å². The van der Waals surface area contributed by atoms with E-state index in [-0.39, 0.29) is 11.5 Å². The number of rotatable bonds is 3. The smallest absolute Gasteiger partial charge is 0.266 e. The van der Waals surface area contributed by atoms with Crippen LogP contribution in [0.4, 0.5) is 0 Å². The molecule has 0 aliphatic heterocycles. The molecular weight excluding hydrogens is 312 g/mol. The van der Waals surface area contributed by atoms with Crippen molar-refractivity contribution in [2.75, 3.05) is 0 Å². The van der Waals surface area contributed by atoms with Crippen molar-refractivity contribution in [1.82, 2.24) is 9.71 Å². The fourth-order valence-electron chi connectivity index (χ4n) is 4.03. The molecule has 2 aromatic rings. The van der Waals surface area contributed by atoms with E-state index in [0.717, 1.165) is 30.2 Å². The molecule has 1 unspecified atom stereocenters. The molecule has 2 fully saturated rings. The van der Waals surface area contributed by atoms with Gasteiger partial charge in [-0.1, -0.05) is 24.6 Å². The predicted octanol–water partition coefficient (Wildman–Crippen LogP) is 2.48. The third-order valence-electron chi connectivity index (χ3n) is 5.16. The minimum atomic E-state index is -3.62. The number of benzene rings is 1. The van der Waals surface area contributed by atoms with E-state index in [1.165, 1.54) is 6.20 Å². The lowest BCUT2D eigenvalue weighted by Gasteiger charge is -2.21. The van der Waals surface area contributed by atoms with Gasteiger partial charge in [0.1, 0.15) is 0 Å². The van der Waals surface area contributed by atoms with Gasteiger partial charge >= 0.3 is 0 Å². The Morgan fingerprint density at radius 1 is 1.17 bits per heavy atom. The van der Waals surface area contributed by atoms with Crippen molar-refractivity contribution in [2.45, 2.75) is 30.9 Å². The van der Waals surface area contributed by atoms with Crippen LogP contribution in [0.5, 0.6) is 0 Å². The number of amides is 1. The molecule has 2 aliphatic rings. The molecule has 3 atom stereocenters. The van der Waals surface area contributed by atoms with Crippen LogP contribution >= 0.6 is 0 Å². The van der Waals surface area contributed by atoms with Crippen LogP contribution in [0, 0.1) is 11.8 Å². The Labute approximate surface area is 135 Å². The number of carbonyl (C=O) groups excluding carboxylic acids is 1. The van der Waals surface area contributed by atoms with Crippen LogP contribution in [0.15, 0.2) is 36.5 Å². The highest BCUT2D eigenvalue weighted by Crippen LogP contribution is 2.47. The van der Waals surface area contributed by atoms with Gasteiger partial charge in [-0.15, -0.1) is 0 Å². The zero-order valence-electron chi connectivity index (χ0n) is 12.6. The molecule has 5 nitrogen and oxygen atoms in total. The largest absolute Gasteiger partial charge is 0.268 e. The van der Waals surface area contributed by atoms with Gasteiger partial charge in [0.05, 0.1) is 16.3 Å². The highest BCUT2D eigenvalue weighted by Gasteiger charge is 2.46. The Bertz CT molecular complexity index is 878. The van der Waals surface area contributed by atoms with Gasteiger partial charge < -0.3 is 0 Å². The molecule has 1 aromatic heterocycles. The van der Waals surface area contributed by atoms with Gasteiger partial charge in [0, 0.05) is 11.6 Å². The Kier molecular flexibility index (Phi) is 3.37. The number of para-hydroxylation sites is 1. The fourth-order valence-corrected chi connectivity index (χ4v) is 5.83. The Balaban J connectivity index is 1.56. The summed E-state index contributed by atoms with van der Waals surface area (Å²) in [6.07, 6.45) is 5.18. The van der Waals surface area contributed by atoms with Crippen molar-refractivity contribution in [3.63, 3.8) is 0 Å². The SMILES string of the molecule is O=C(NS(=O)(=O)C1C[C@@H]2CC[C@H]1C2)c1cnc2ccccc2c1. The standard InChI is InChI=1S/C17H18N2O3S/c20-17(14-9-12-3-1-2-4-15(12)18-10-14)19-23(21,22)16-8-11-5-6-13(16)7-11/h1-4,9-11,13,16H,5-8H2,(H,19,20)/t11-,13+,16?/m1/s1. The highest BCUT2D eigenvalue weighted by atomic mass is 32.2. The van der Waals surface area contributed by atoms with Crippen molar-refractivity contribution >= 4 is 26.8 Å². The Hall–Kier alpha value is -1.95. The maximum atomic E-state index is 12.5. The summed E-state index contributed by atoms with van der Waals surface area (Å²) in [4.78, 5) is 16.5. The second-order valence-corrected chi connectivity index (χ2v) is 8.51. The Morgan fingerprint density at radius 2 is 2.00 bits per heavy atom. The average molecular weight is 330 g/mol. The quantitative estimate of drug-likeness (QED) is 0.938. The first-order chi connectivity index (χ1) is 11.0. The van der Waals surface area contributed by atoms with Crippen molar-refractivity contribution in [3.8, 4) is 0 Å². The monoisotopic (exact) mass is 330 g/mol. The molecule has 1 heterocycles. The molecule has 2 saturated carbocycles. The van der Waals surface area contributed by atoms with E-state index in [1.54, 1.807) is 6.07 Å². The van der Waals surface area contributed by atoms with E-state index in [0.29, 0.717) is 12.3 Å². The lowest BCUT2D eigenvalue weighted by atomic mass is 10.0. The summed E-state index contributed by atoms with van der Waals surface area (Å²) in [5.41, 5.74) is 1.05. The summed E-state index contributed by atoms with van der Waals surface area (Å²) in [7, 11) is -3.62. The first-order valence-corrected chi connectivity index (χ1v) is 9.48. The first kappa shape index (κ1) is 14.6. The molecule has 4 rings (SSSR count). The molecule has 0 spiro atoms. The number of pyridine rings is 1. The van der Waals surface area contributed by atoms with Gasteiger partial charge in [0.2, 0.25) is 10.0 Å². The molecule has 23 heavy (non-hydrogen) atoms. The number of nitrogens with one attached hydrogen (secondary N) is 1. The van der Waals surface area contributed by atoms with Crippen molar-refractivity contribution in [3.05, 3.63) is 42.1 Å². The van der Waals surface area contributed by atoms with Crippen molar-refractivity contribution in [2.24, 2.45) is 11.8 Å². The third-order valence-corrected chi connectivity index (χ3v) is 7.00. The molecule has 1 N–H and O–H groups in total. The van der Waals surface area contributed by atoms with E-state index < -0.39 is 21.2 Å². The second-order valence-electron chi connectivity index (χ2n) is 6.61. The number of fused-ring (bicyclic) bond motifs is 3. The number of hydrogen-bond donors (Lipinski definition) is 1. The number of nitrogens with zero attached hydrogens (tertiary/aromatic N) is 1. The number of aromatic nitrogens is 1. The van der Waals surface area contributed by atoms with E-state index in [2.05, 4.69) is 9.71 Å². The lowest BCUT2D eigenvalue weighted by molar-refractivity contribution is 0.0980. The van der Waals surface area contributed by atoms with E-state index in [9.17, 15) is 13.2 Å². The van der Waals surface area contributed by atoms with Gasteiger partial charge in [-0.25, -0.2) is 13.1 Å². The molecule has 120 valence electrons. The summed E-state index contributed by atoms with van der Waals surface area (Å²) in [5, 5.41) is 0.399. The summed E-state index contributed by atoms with van der Waals surface area (Å²) in [6, 6.07) is 9.10. The fraction of sp³-hybridized carbons (Fsp3) is 0.412. The van der Waals surface area contributed by atoms with E-state index >= 15 is 0 Å². The third kappa shape index (κ3) is 2.61. The number of sulfonamides is 1. The summed E-state index contributed by atoms with van der Waals surface area (Å²) in [6.45, 7) is 0. The number of hydrogen-bond acceptors (Lipinski definition) is 4. The highest BCUT2D eigenvalue weighted by molar-refractivity contribution is 7.90. The van der Waals surface area contributed by atoms with Gasteiger partial charge in [-0.3, -0.25) is 9.78 Å². The predicted molar refractivity (Wildman–Crippen MR) is 87.4 cm³/mol. The zero-order valence-corrected chi connectivity index (χ0v) is 13.4. The molecule has 2 aliphatic carbocycles. The minimum absolute atomic E-state index is 0.208. The molecular formula is C17H18N2O3S. The van der Waals surface area contributed by atoms with Gasteiger partial charge in [-0.2, -0.15) is 0 Å². The van der Waals surface area contributed by atoms with Gasteiger partial charge in [-0.05, 0) is 43.2 Å². The summed E-state index contributed by atoms with van der Waals surface area (Å²) >= 11 is 0. The maximum Gasteiger partial charge on any atom is 0.266 e. The van der Waals surface area contributed by atoms with Crippen LogP contribution in [0.2, 0.25) is 0 Å². The number of carbonyl (C=O) groups is 1. The second kappa shape index (κ2) is 5.30. The van der Waals surface area contributed by atoms with E-state index in [4.69, 9.17) is 0 Å². The van der Waals surface area contributed by atoms with Crippen molar-refractivity contribution in [1.29, 1.82) is 0 Å². The average Bonchev–Trinajstić information content (AvgIpc) is 3.17. The summed E-state index contributed by atoms with van der Waals surface area (Å²) in [5.74, 6) is 0.130. The maximum absolute atomic E-state index is 12.5. The molecule has 0 saturated heterocycles. The molecule has 1 aromatic carbocycles. The molecule has 6 heteroatoms. The molecule has 0 radical (unpaired) electrons. The van der Waals surface area contributed by atoms with Gasteiger partial charge in [0.15, 0.2) is 0 Å². The zero-order chi connectivity index (χ0) is 16.0. The van der Waals surface area contributed by atoms with Crippen molar-refractivity contribution < 1.29 is 13.2 Å². The van der Waals surface area contributed by atoms with Crippen LogP contribution in [0.1, 0.15) is 36.0 Å².